The van der Waals surface area contributed by atoms with Crippen LogP contribution in [-0.4, -0.2) is 49.3 Å². The minimum Gasteiger partial charge on any atom is -0.395 e. The van der Waals surface area contributed by atoms with E-state index < -0.39 is 0 Å². The van der Waals surface area contributed by atoms with Crippen molar-refractivity contribution >= 4 is 0 Å². The van der Waals surface area contributed by atoms with Crippen LogP contribution in [0.1, 0.15) is 43.8 Å². The molecule has 0 saturated heterocycles. The first-order chi connectivity index (χ1) is 14.2. The zero-order valence-corrected chi connectivity index (χ0v) is 16.8. The van der Waals surface area contributed by atoms with E-state index in [1.807, 2.05) is 37.3 Å². The topological polar surface area (TPSA) is 88.2 Å². The molecule has 0 aliphatic heterocycles. The fourth-order valence-electron chi connectivity index (χ4n) is 3.98. The van der Waals surface area contributed by atoms with Crippen LogP contribution < -0.4 is 0 Å². The standard InChI is InChI=1S/C22H27N5O2/c1-16-23-12-11-20(24-16)17-7-9-18(10-8-17)22-25-21(29-26-22)15-27(13-14-28)19-5-3-2-4-6-19/h7-12,19,28H,2-6,13-15H2,1H3. The van der Waals surface area contributed by atoms with E-state index in [1.165, 1.54) is 32.1 Å². The van der Waals surface area contributed by atoms with Gasteiger partial charge in [-0.05, 0) is 25.8 Å². The molecule has 0 bridgehead atoms. The van der Waals surface area contributed by atoms with Crippen molar-refractivity contribution in [1.29, 1.82) is 0 Å². The monoisotopic (exact) mass is 393 g/mol. The third kappa shape index (κ3) is 4.86. The van der Waals surface area contributed by atoms with E-state index in [4.69, 9.17) is 4.52 Å². The Morgan fingerprint density at radius 2 is 1.79 bits per heavy atom. The molecular formula is C22H27N5O2. The molecule has 7 heteroatoms. The van der Waals surface area contributed by atoms with E-state index in [0.29, 0.717) is 30.8 Å². The molecule has 0 unspecified atom stereocenters. The molecule has 0 spiro atoms. The van der Waals surface area contributed by atoms with Gasteiger partial charge in [0.15, 0.2) is 0 Å². The summed E-state index contributed by atoms with van der Waals surface area (Å²) in [7, 11) is 0. The van der Waals surface area contributed by atoms with Gasteiger partial charge in [-0.1, -0.05) is 48.7 Å². The lowest BCUT2D eigenvalue weighted by Crippen LogP contribution is -2.38. The Bertz CT molecular complexity index is 919. The number of nitrogens with zero attached hydrogens (tertiary/aromatic N) is 5. The maximum Gasteiger partial charge on any atom is 0.241 e. The van der Waals surface area contributed by atoms with Crippen molar-refractivity contribution in [1.82, 2.24) is 25.0 Å². The highest BCUT2D eigenvalue weighted by Gasteiger charge is 2.23. The Morgan fingerprint density at radius 1 is 1.03 bits per heavy atom. The first-order valence-corrected chi connectivity index (χ1v) is 10.3. The van der Waals surface area contributed by atoms with Crippen molar-refractivity contribution in [2.45, 2.75) is 51.6 Å². The number of aryl methyl sites for hydroxylation is 1. The van der Waals surface area contributed by atoms with Gasteiger partial charge in [0, 0.05) is 29.9 Å². The molecule has 1 fully saturated rings. The number of aliphatic hydroxyl groups excluding tert-OH is 1. The van der Waals surface area contributed by atoms with Gasteiger partial charge < -0.3 is 9.63 Å². The Morgan fingerprint density at radius 3 is 2.52 bits per heavy atom. The molecule has 152 valence electrons. The molecule has 1 saturated carbocycles. The van der Waals surface area contributed by atoms with Gasteiger partial charge in [-0.15, -0.1) is 0 Å². The van der Waals surface area contributed by atoms with Crippen molar-refractivity contribution in [2.24, 2.45) is 0 Å². The highest BCUT2D eigenvalue weighted by molar-refractivity contribution is 5.64. The number of aliphatic hydroxyl groups is 1. The second-order valence-electron chi connectivity index (χ2n) is 7.56. The van der Waals surface area contributed by atoms with Gasteiger partial charge in [-0.2, -0.15) is 4.98 Å². The van der Waals surface area contributed by atoms with Gasteiger partial charge >= 0.3 is 0 Å². The van der Waals surface area contributed by atoms with E-state index in [0.717, 1.165) is 22.6 Å². The van der Waals surface area contributed by atoms with Crippen LogP contribution in [-0.2, 0) is 6.54 Å². The summed E-state index contributed by atoms with van der Waals surface area (Å²) in [5.74, 6) is 1.92. The van der Waals surface area contributed by atoms with Gasteiger partial charge in [0.2, 0.25) is 11.7 Å². The van der Waals surface area contributed by atoms with Crippen LogP contribution in [0.4, 0.5) is 0 Å². The van der Waals surface area contributed by atoms with E-state index in [1.54, 1.807) is 6.20 Å². The Kier molecular flexibility index (Phi) is 6.27. The lowest BCUT2D eigenvalue weighted by atomic mass is 9.94. The lowest BCUT2D eigenvalue weighted by molar-refractivity contribution is 0.105. The molecule has 0 radical (unpaired) electrons. The van der Waals surface area contributed by atoms with Gasteiger partial charge in [-0.25, -0.2) is 9.97 Å². The minimum atomic E-state index is 0.140. The molecule has 3 aromatic rings. The first kappa shape index (κ1) is 19.7. The fourth-order valence-corrected chi connectivity index (χ4v) is 3.98. The molecular weight excluding hydrogens is 366 g/mol. The maximum absolute atomic E-state index is 9.45. The van der Waals surface area contributed by atoms with Crippen LogP contribution in [0.2, 0.25) is 0 Å². The number of aromatic nitrogens is 4. The van der Waals surface area contributed by atoms with Crippen LogP contribution >= 0.6 is 0 Å². The van der Waals surface area contributed by atoms with E-state index in [-0.39, 0.29) is 6.61 Å². The quantitative estimate of drug-likeness (QED) is 0.656. The number of rotatable bonds is 7. The smallest absolute Gasteiger partial charge is 0.241 e. The first-order valence-electron chi connectivity index (χ1n) is 10.3. The van der Waals surface area contributed by atoms with Crippen LogP contribution in [0.3, 0.4) is 0 Å². The average Bonchev–Trinajstić information content (AvgIpc) is 3.23. The number of hydrogen-bond acceptors (Lipinski definition) is 7. The van der Waals surface area contributed by atoms with Crippen LogP contribution in [0.5, 0.6) is 0 Å². The van der Waals surface area contributed by atoms with Gasteiger partial charge in [0.05, 0.1) is 18.8 Å². The zero-order valence-electron chi connectivity index (χ0n) is 16.8. The van der Waals surface area contributed by atoms with Crippen molar-refractivity contribution in [3.8, 4) is 22.6 Å². The predicted molar refractivity (Wildman–Crippen MR) is 110 cm³/mol. The molecule has 0 atom stereocenters. The van der Waals surface area contributed by atoms with Crippen molar-refractivity contribution in [3.63, 3.8) is 0 Å². The highest BCUT2D eigenvalue weighted by Crippen LogP contribution is 2.25. The van der Waals surface area contributed by atoms with Crippen LogP contribution in [0.25, 0.3) is 22.6 Å². The molecule has 0 amide bonds. The predicted octanol–water partition coefficient (Wildman–Crippen LogP) is 3.63. The summed E-state index contributed by atoms with van der Waals surface area (Å²) < 4.78 is 5.51. The van der Waals surface area contributed by atoms with E-state index in [2.05, 4.69) is 25.0 Å². The molecule has 2 heterocycles. The summed E-state index contributed by atoms with van der Waals surface area (Å²) in [5.41, 5.74) is 2.82. The maximum atomic E-state index is 9.45. The van der Waals surface area contributed by atoms with Gasteiger partial charge in [-0.3, -0.25) is 4.90 Å². The third-order valence-corrected chi connectivity index (χ3v) is 5.50. The Labute approximate surface area is 170 Å². The summed E-state index contributed by atoms with van der Waals surface area (Å²) in [6, 6.07) is 10.4. The zero-order chi connectivity index (χ0) is 20.1. The summed E-state index contributed by atoms with van der Waals surface area (Å²) in [4.78, 5) is 15.5. The van der Waals surface area contributed by atoms with Gasteiger partial charge in [0.1, 0.15) is 5.82 Å². The summed E-state index contributed by atoms with van der Waals surface area (Å²) in [6.07, 6.45) is 7.91. The Hall–Kier alpha value is -2.64. The SMILES string of the molecule is Cc1nccc(-c2ccc(-c3noc(CN(CCO)C4CCCCC4)n3)cc2)n1. The molecule has 29 heavy (non-hydrogen) atoms. The highest BCUT2D eigenvalue weighted by atomic mass is 16.5. The average molecular weight is 393 g/mol. The lowest BCUT2D eigenvalue weighted by Gasteiger charge is -2.32. The third-order valence-electron chi connectivity index (χ3n) is 5.50. The van der Waals surface area contributed by atoms with Crippen LogP contribution in [0, 0.1) is 6.92 Å². The Balaban J connectivity index is 1.46. The molecule has 2 aromatic heterocycles. The van der Waals surface area contributed by atoms with E-state index in [9.17, 15) is 5.11 Å². The van der Waals surface area contributed by atoms with Crippen LogP contribution in [0.15, 0.2) is 41.1 Å². The second-order valence-corrected chi connectivity index (χ2v) is 7.56. The van der Waals surface area contributed by atoms with Crippen molar-refractivity contribution in [3.05, 3.63) is 48.2 Å². The van der Waals surface area contributed by atoms with Crippen molar-refractivity contribution < 1.29 is 9.63 Å². The molecule has 7 nitrogen and oxygen atoms in total. The molecule has 4 rings (SSSR count). The van der Waals surface area contributed by atoms with Crippen molar-refractivity contribution in [2.75, 3.05) is 13.2 Å². The van der Waals surface area contributed by atoms with E-state index >= 15 is 0 Å². The minimum absolute atomic E-state index is 0.140. The second kappa shape index (κ2) is 9.24. The molecule has 1 aromatic carbocycles. The number of hydrogen-bond donors (Lipinski definition) is 1. The fraction of sp³-hybridized carbons (Fsp3) is 0.455. The normalized spacial score (nSPS) is 15.1. The molecule has 1 N–H and O–H groups in total. The summed E-state index contributed by atoms with van der Waals surface area (Å²) in [5, 5.41) is 13.6. The largest absolute Gasteiger partial charge is 0.395 e. The van der Waals surface area contributed by atoms with Gasteiger partial charge in [0.25, 0.3) is 0 Å². The number of benzene rings is 1. The molecule has 1 aliphatic carbocycles. The summed E-state index contributed by atoms with van der Waals surface area (Å²) in [6.45, 7) is 3.24. The summed E-state index contributed by atoms with van der Waals surface area (Å²) >= 11 is 0. The molecule has 1 aliphatic rings.